The number of anilines is 1. The number of carbonyl (C=O) groups is 1. The molecule has 22 heavy (non-hydrogen) atoms. The molecule has 1 aromatic carbocycles. The second kappa shape index (κ2) is 5.06. The first-order chi connectivity index (χ1) is 10.3. The van der Waals surface area contributed by atoms with E-state index in [1.807, 2.05) is 29.2 Å². The largest absolute Gasteiger partial charge is 0.311 e. The van der Waals surface area contributed by atoms with Crippen molar-refractivity contribution in [3.8, 4) is 0 Å². The number of para-hydroxylation sites is 1. The topological polar surface area (TPSA) is 57.7 Å². The van der Waals surface area contributed by atoms with Crippen LogP contribution in [0.3, 0.4) is 0 Å². The fourth-order valence-corrected chi connectivity index (χ4v) is 4.47. The van der Waals surface area contributed by atoms with Crippen LogP contribution in [0.15, 0.2) is 24.3 Å². The molecule has 5 nitrogen and oxygen atoms in total. The van der Waals surface area contributed by atoms with E-state index in [2.05, 4.69) is 13.8 Å². The lowest BCUT2D eigenvalue weighted by molar-refractivity contribution is -0.122. The fraction of sp³-hybridized carbons (Fsp3) is 0.562. The van der Waals surface area contributed by atoms with Gasteiger partial charge in [-0.2, -0.15) is 0 Å². The van der Waals surface area contributed by atoms with E-state index < -0.39 is 15.4 Å². The average Bonchev–Trinajstić information content (AvgIpc) is 2.97. The van der Waals surface area contributed by atoms with Gasteiger partial charge in [-0.25, -0.2) is 12.7 Å². The van der Waals surface area contributed by atoms with E-state index in [9.17, 15) is 13.2 Å². The first-order valence-corrected chi connectivity index (χ1v) is 9.47. The summed E-state index contributed by atoms with van der Waals surface area (Å²) in [7, 11) is -3.27. The molecule has 0 N–H and O–H groups in total. The highest BCUT2D eigenvalue weighted by atomic mass is 32.2. The molecule has 1 aromatic rings. The lowest BCUT2D eigenvalue weighted by Gasteiger charge is -2.25. The Kier molecular flexibility index (Phi) is 3.57. The van der Waals surface area contributed by atoms with E-state index in [4.69, 9.17) is 0 Å². The number of nitrogens with zero attached hydrogens (tertiary/aromatic N) is 2. The molecule has 2 heterocycles. The van der Waals surface area contributed by atoms with Crippen LogP contribution in [0.1, 0.15) is 25.8 Å². The van der Waals surface area contributed by atoms with Crippen LogP contribution >= 0.6 is 0 Å². The van der Waals surface area contributed by atoms with Gasteiger partial charge < -0.3 is 4.90 Å². The Labute approximate surface area is 132 Å². The molecule has 1 fully saturated rings. The van der Waals surface area contributed by atoms with Crippen molar-refractivity contribution in [1.82, 2.24) is 4.31 Å². The summed E-state index contributed by atoms with van der Waals surface area (Å²) in [4.78, 5) is 14.9. The third kappa shape index (κ3) is 2.25. The lowest BCUT2D eigenvalue weighted by Crippen LogP contribution is -2.44. The standard InChI is InChI=1S/C16H22N2O3S/c1-12(2)10-18-14-7-5-4-6-13(14)16(15(18)19)8-9-17(11-16)22(3,20)21/h4-7,12H,8-11H2,1-3H3/t16-/m0/s1. The summed E-state index contributed by atoms with van der Waals surface area (Å²) < 4.78 is 25.1. The summed E-state index contributed by atoms with van der Waals surface area (Å²) in [5.74, 6) is 0.410. The molecule has 3 rings (SSSR count). The highest BCUT2D eigenvalue weighted by molar-refractivity contribution is 7.88. The lowest BCUT2D eigenvalue weighted by atomic mass is 9.81. The van der Waals surface area contributed by atoms with Crippen molar-refractivity contribution in [2.75, 3.05) is 30.8 Å². The van der Waals surface area contributed by atoms with Crippen molar-refractivity contribution in [3.63, 3.8) is 0 Å². The quantitative estimate of drug-likeness (QED) is 0.849. The number of hydrogen-bond acceptors (Lipinski definition) is 3. The van der Waals surface area contributed by atoms with Crippen molar-refractivity contribution < 1.29 is 13.2 Å². The van der Waals surface area contributed by atoms with Crippen molar-refractivity contribution in [2.24, 2.45) is 5.92 Å². The van der Waals surface area contributed by atoms with Gasteiger partial charge in [0.15, 0.2) is 0 Å². The predicted molar refractivity (Wildman–Crippen MR) is 86.3 cm³/mol. The second-order valence-electron chi connectivity index (χ2n) is 6.76. The van der Waals surface area contributed by atoms with Crippen LogP contribution in [-0.4, -0.2) is 44.5 Å². The Morgan fingerprint density at radius 1 is 1.27 bits per heavy atom. The summed E-state index contributed by atoms with van der Waals surface area (Å²) in [6, 6.07) is 7.80. The molecule has 0 bridgehead atoms. The van der Waals surface area contributed by atoms with Crippen LogP contribution in [0.4, 0.5) is 5.69 Å². The third-order valence-corrected chi connectivity index (χ3v) is 5.87. The van der Waals surface area contributed by atoms with Gasteiger partial charge in [0.25, 0.3) is 0 Å². The Morgan fingerprint density at radius 2 is 1.95 bits per heavy atom. The number of fused-ring (bicyclic) bond motifs is 2. The average molecular weight is 322 g/mol. The maximum Gasteiger partial charge on any atom is 0.239 e. The van der Waals surface area contributed by atoms with Gasteiger partial charge in [0, 0.05) is 25.3 Å². The first kappa shape index (κ1) is 15.5. The molecule has 120 valence electrons. The summed E-state index contributed by atoms with van der Waals surface area (Å²) in [5, 5.41) is 0. The number of hydrogen-bond donors (Lipinski definition) is 0. The Bertz CT molecular complexity index is 714. The summed E-state index contributed by atoms with van der Waals surface area (Å²) in [5.41, 5.74) is 1.22. The summed E-state index contributed by atoms with van der Waals surface area (Å²) >= 11 is 0. The molecule has 0 aliphatic carbocycles. The van der Waals surface area contributed by atoms with E-state index >= 15 is 0 Å². The molecule has 0 unspecified atom stereocenters. The highest BCUT2D eigenvalue weighted by Gasteiger charge is 2.55. The molecule has 2 aliphatic rings. The third-order valence-electron chi connectivity index (χ3n) is 4.62. The van der Waals surface area contributed by atoms with Crippen molar-refractivity contribution in [2.45, 2.75) is 25.7 Å². The first-order valence-electron chi connectivity index (χ1n) is 7.62. The van der Waals surface area contributed by atoms with Crippen LogP contribution in [0, 0.1) is 5.92 Å². The number of sulfonamides is 1. The van der Waals surface area contributed by atoms with Crippen LogP contribution in [0.5, 0.6) is 0 Å². The van der Waals surface area contributed by atoms with Crippen molar-refractivity contribution in [3.05, 3.63) is 29.8 Å². The normalized spacial score (nSPS) is 25.5. The van der Waals surface area contributed by atoms with Gasteiger partial charge in [0.2, 0.25) is 15.9 Å². The highest BCUT2D eigenvalue weighted by Crippen LogP contribution is 2.47. The van der Waals surface area contributed by atoms with Gasteiger partial charge in [-0.15, -0.1) is 0 Å². The summed E-state index contributed by atoms with van der Waals surface area (Å²) in [6.07, 6.45) is 1.77. The SMILES string of the molecule is CC(C)CN1C(=O)[C@]2(CCN(S(C)(=O)=O)C2)c2ccccc21. The molecule has 0 saturated carbocycles. The zero-order valence-electron chi connectivity index (χ0n) is 13.2. The van der Waals surface area contributed by atoms with Crippen molar-refractivity contribution in [1.29, 1.82) is 0 Å². The van der Waals surface area contributed by atoms with Gasteiger partial charge in [0.05, 0.1) is 11.7 Å². The van der Waals surface area contributed by atoms with Gasteiger partial charge in [0.1, 0.15) is 0 Å². The molecule has 2 aliphatic heterocycles. The van der Waals surface area contributed by atoms with E-state index in [1.54, 1.807) is 0 Å². The number of rotatable bonds is 3. The number of carbonyl (C=O) groups excluding carboxylic acids is 1. The molecular formula is C16H22N2O3S. The molecule has 0 radical (unpaired) electrons. The van der Waals surface area contributed by atoms with E-state index in [1.165, 1.54) is 10.6 Å². The minimum absolute atomic E-state index is 0.0496. The molecule has 1 saturated heterocycles. The molecule has 1 spiro atoms. The summed E-state index contributed by atoms with van der Waals surface area (Å²) in [6.45, 7) is 5.50. The maximum absolute atomic E-state index is 13.1. The van der Waals surface area contributed by atoms with Gasteiger partial charge in [-0.05, 0) is 24.0 Å². The zero-order chi connectivity index (χ0) is 16.1. The van der Waals surface area contributed by atoms with Gasteiger partial charge >= 0.3 is 0 Å². The predicted octanol–water partition coefficient (Wildman–Crippen LogP) is 1.59. The molecule has 1 amide bonds. The van der Waals surface area contributed by atoms with Crippen LogP contribution in [-0.2, 0) is 20.2 Å². The second-order valence-corrected chi connectivity index (χ2v) is 8.74. The Hall–Kier alpha value is -1.40. The van der Waals surface area contributed by atoms with Crippen LogP contribution in [0.25, 0.3) is 0 Å². The van der Waals surface area contributed by atoms with E-state index in [-0.39, 0.29) is 12.5 Å². The molecule has 0 aromatic heterocycles. The van der Waals surface area contributed by atoms with Gasteiger partial charge in [-0.1, -0.05) is 32.0 Å². The minimum atomic E-state index is -3.27. The zero-order valence-corrected chi connectivity index (χ0v) is 14.1. The smallest absolute Gasteiger partial charge is 0.239 e. The maximum atomic E-state index is 13.1. The molecule has 6 heteroatoms. The minimum Gasteiger partial charge on any atom is -0.311 e. The molecular weight excluding hydrogens is 300 g/mol. The Balaban J connectivity index is 2.05. The van der Waals surface area contributed by atoms with Crippen molar-refractivity contribution >= 4 is 21.6 Å². The van der Waals surface area contributed by atoms with Crippen LogP contribution < -0.4 is 4.90 Å². The fourth-order valence-electron chi connectivity index (χ4n) is 3.60. The molecule has 1 atom stereocenters. The number of benzene rings is 1. The van der Waals surface area contributed by atoms with E-state index in [0.29, 0.717) is 25.4 Å². The Morgan fingerprint density at radius 3 is 2.55 bits per heavy atom. The van der Waals surface area contributed by atoms with Crippen LogP contribution in [0.2, 0.25) is 0 Å². The number of amides is 1. The van der Waals surface area contributed by atoms with E-state index in [0.717, 1.165) is 11.3 Å². The monoisotopic (exact) mass is 322 g/mol. The van der Waals surface area contributed by atoms with Gasteiger partial charge in [-0.3, -0.25) is 4.79 Å².